The average Bonchev–Trinajstić information content (AvgIpc) is 2.90. The van der Waals surface area contributed by atoms with Crippen molar-refractivity contribution in [2.75, 3.05) is 6.61 Å². The number of furan rings is 1. The number of ether oxygens (including phenoxy) is 1. The van der Waals surface area contributed by atoms with Crippen molar-refractivity contribution < 1.29 is 28.6 Å². The normalized spacial score (nSPS) is 15.2. The fraction of sp³-hybridized carbons (Fsp3) is 0.500. The van der Waals surface area contributed by atoms with Crippen LogP contribution in [0.3, 0.4) is 0 Å². The fourth-order valence-electron chi connectivity index (χ4n) is 1.89. The van der Waals surface area contributed by atoms with Gasteiger partial charge in [-0.25, -0.2) is 4.79 Å². The average molecular weight is 282 g/mol. The van der Waals surface area contributed by atoms with Gasteiger partial charge in [0.2, 0.25) is 5.78 Å². The zero-order chi connectivity index (χ0) is 15.3. The standard InChI is InChI=1S/C14H18O6/c1-4-19-13(17)14(18,8-9(2)15)10(3)12(16)11-6-5-7-20-11/h5-7,10,18H,4,8H2,1-3H3/t10-,14-/m1/s1. The van der Waals surface area contributed by atoms with Crippen LogP contribution in [0.15, 0.2) is 22.8 Å². The van der Waals surface area contributed by atoms with E-state index in [1.54, 1.807) is 6.92 Å². The van der Waals surface area contributed by atoms with E-state index in [1.807, 2.05) is 0 Å². The lowest BCUT2D eigenvalue weighted by molar-refractivity contribution is -0.171. The van der Waals surface area contributed by atoms with E-state index in [9.17, 15) is 19.5 Å². The van der Waals surface area contributed by atoms with Crippen molar-refractivity contribution >= 4 is 17.5 Å². The summed E-state index contributed by atoms with van der Waals surface area (Å²) < 4.78 is 9.73. The number of rotatable bonds is 7. The second-order valence-corrected chi connectivity index (χ2v) is 4.59. The van der Waals surface area contributed by atoms with E-state index in [1.165, 1.54) is 32.2 Å². The zero-order valence-corrected chi connectivity index (χ0v) is 11.7. The van der Waals surface area contributed by atoms with Gasteiger partial charge in [-0.2, -0.15) is 0 Å². The molecule has 1 aromatic heterocycles. The molecule has 0 saturated carbocycles. The first kappa shape index (κ1) is 16.1. The van der Waals surface area contributed by atoms with Crippen molar-refractivity contribution in [3.63, 3.8) is 0 Å². The lowest BCUT2D eigenvalue weighted by Gasteiger charge is -2.29. The Morgan fingerprint density at radius 3 is 2.55 bits per heavy atom. The lowest BCUT2D eigenvalue weighted by atomic mass is 9.81. The molecule has 20 heavy (non-hydrogen) atoms. The minimum absolute atomic E-state index is 0.0174. The first-order valence-corrected chi connectivity index (χ1v) is 6.29. The van der Waals surface area contributed by atoms with Crippen LogP contribution in [0.25, 0.3) is 0 Å². The van der Waals surface area contributed by atoms with Gasteiger partial charge in [0, 0.05) is 6.42 Å². The number of esters is 1. The zero-order valence-electron chi connectivity index (χ0n) is 11.7. The predicted octanol–water partition coefficient (Wildman–Crippen LogP) is 1.37. The highest BCUT2D eigenvalue weighted by atomic mass is 16.5. The van der Waals surface area contributed by atoms with E-state index in [4.69, 9.17) is 9.15 Å². The van der Waals surface area contributed by atoms with Crippen molar-refractivity contribution in [2.24, 2.45) is 5.92 Å². The van der Waals surface area contributed by atoms with E-state index >= 15 is 0 Å². The van der Waals surface area contributed by atoms with Crippen molar-refractivity contribution in [3.05, 3.63) is 24.2 Å². The number of carbonyl (C=O) groups excluding carboxylic acids is 3. The topological polar surface area (TPSA) is 93.8 Å². The Morgan fingerprint density at radius 1 is 1.45 bits per heavy atom. The maximum atomic E-state index is 12.2. The highest BCUT2D eigenvalue weighted by molar-refractivity contribution is 6.01. The number of ketones is 2. The molecule has 6 nitrogen and oxygen atoms in total. The summed E-state index contributed by atoms with van der Waals surface area (Å²) in [6, 6.07) is 2.95. The highest BCUT2D eigenvalue weighted by Gasteiger charge is 2.48. The molecule has 0 spiro atoms. The largest absolute Gasteiger partial charge is 0.464 e. The van der Waals surface area contributed by atoms with Crippen molar-refractivity contribution in [3.8, 4) is 0 Å². The van der Waals surface area contributed by atoms with E-state index in [-0.39, 0.29) is 12.4 Å². The van der Waals surface area contributed by atoms with Crippen molar-refractivity contribution in [1.82, 2.24) is 0 Å². The molecule has 0 fully saturated rings. The van der Waals surface area contributed by atoms with Gasteiger partial charge >= 0.3 is 5.97 Å². The third kappa shape index (κ3) is 3.33. The second kappa shape index (κ2) is 6.47. The molecule has 0 unspecified atom stereocenters. The van der Waals surface area contributed by atoms with Gasteiger partial charge in [-0.3, -0.25) is 9.59 Å². The Kier molecular flexibility index (Phi) is 5.21. The number of hydrogen-bond acceptors (Lipinski definition) is 6. The molecule has 0 bridgehead atoms. The van der Waals surface area contributed by atoms with Gasteiger partial charge < -0.3 is 14.3 Å². The summed E-state index contributed by atoms with van der Waals surface area (Å²) in [5.41, 5.74) is -2.19. The molecule has 1 heterocycles. The van der Waals surface area contributed by atoms with E-state index in [2.05, 4.69) is 0 Å². The molecule has 110 valence electrons. The lowest BCUT2D eigenvalue weighted by Crippen LogP contribution is -2.50. The van der Waals surface area contributed by atoms with Crippen LogP contribution in [0.1, 0.15) is 37.7 Å². The van der Waals surface area contributed by atoms with Gasteiger partial charge in [0.25, 0.3) is 0 Å². The van der Waals surface area contributed by atoms with Crippen LogP contribution in [0.5, 0.6) is 0 Å². The van der Waals surface area contributed by atoms with Crippen LogP contribution in [0.4, 0.5) is 0 Å². The second-order valence-electron chi connectivity index (χ2n) is 4.59. The smallest absolute Gasteiger partial charge is 0.339 e. The molecule has 0 amide bonds. The molecule has 0 aliphatic carbocycles. The Bertz CT molecular complexity index is 490. The van der Waals surface area contributed by atoms with Gasteiger partial charge in [-0.15, -0.1) is 0 Å². The van der Waals surface area contributed by atoms with Crippen LogP contribution in [-0.4, -0.2) is 34.9 Å². The Morgan fingerprint density at radius 2 is 2.10 bits per heavy atom. The maximum absolute atomic E-state index is 12.2. The molecule has 0 saturated heterocycles. The molecule has 1 rings (SSSR count). The van der Waals surface area contributed by atoms with E-state index in [0.29, 0.717) is 0 Å². The number of aliphatic hydroxyl groups is 1. The van der Waals surface area contributed by atoms with Crippen LogP contribution >= 0.6 is 0 Å². The number of hydrogen-bond donors (Lipinski definition) is 1. The van der Waals surface area contributed by atoms with Crippen LogP contribution < -0.4 is 0 Å². The highest BCUT2D eigenvalue weighted by Crippen LogP contribution is 2.27. The van der Waals surface area contributed by atoms with Crippen LogP contribution in [-0.2, 0) is 14.3 Å². The molecule has 0 radical (unpaired) electrons. The first-order chi connectivity index (χ1) is 9.32. The van der Waals surface area contributed by atoms with E-state index in [0.717, 1.165) is 0 Å². The molecular weight excluding hydrogens is 264 g/mol. The predicted molar refractivity (Wildman–Crippen MR) is 69.1 cm³/mol. The number of Topliss-reactive ketones (excluding diaryl/α,β-unsaturated/α-hetero) is 2. The quantitative estimate of drug-likeness (QED) is 0.599. The maximum Gasteiger partial charge on any atom is 0.339 e. The van der Waals surface area contributed by atoms with Gasteiger partial charge in [0.05, 0.1) is 18.8 Å². The summed E-state index contributed by atoms with van der Waals surface area (Å²) in [6.45, 7) is 4.21. The van der Waals surface area contributed by atoms with E-state index < -0.39 is 35.5 Å². The van der Waals surface area contributed by atoms with Crippen molar-refractivity contribution in [1.29, 1.82) is 0 Å². The summed E-state index contributed by atoms with van der Waals surface area (Å²) in [5, 5.41) is 10.5. The summed E-state index contributed by atoms with van der Waals surface area (Å²) in [4.78, 5) is 35.4. The molecule has 1 aromatic rings. The Labute approximate surface area is 116 Å². The third-order valence-corrected chi connectivity index (χ3v) is 3.02. The number of carbonyl (C=O) groups is 3. The molecule has 2 atom stereocenters. The summed E-state index contributed by atoms with van der Waals surface area (Å²) in [5.74, 6) is -3.10. The molecule has 0 aromatic carbocycles. The molecule has 0 aliphatic rings. The Balaban J connectivity index is 3.06. The van der Waals surface area contributed by atoms with Crippen LogP contribution in [0, 0.1) is 5.92 Å². The minimum Gasteiger partial charge on any atom is -0.464 e. The third-order valence-electron chi connectivity index (χ3n) is 3.02. The minimum atomic E-state index is -2.19. The monoisotopic (exact) mass is 282 g/mol. The van der Waals surface area contributed by atoms with Gasteiger partial charge in [0.1, 0.15) is 5.78 Å². The van der Waals surface area contributed by atoms with Gasteiger partial charge in [-0.05, 0) is 26.0 Å². The molecule has 6 heteroatoms. The molecular formula is C14H18O6. The summed E-state index contributed by atoms with van der Waals surface area (Å²) in [7, 11) is 0. The first-order valence-electron chi connectivity index (χ1n) is 6.29. The van der Waals surface area contributed by atoms with Crippen LogP contribution in [0.2, 0.25) is 0 Å². The molecule has 0 aliphatic heterocycles. The van der Waals surface area contributed by atoms with Gasteiger partial charge in [-0.1, -0.05) is 6.92 Å². The Hall–Kier alpha value is -1.95. The van der Waals surface area contributed by atoms with Gasteiger partial charge in [0.15, 0.2) is 11.4 Å². The fourth-order valence-corrected chi connectivity index (χ4v) is 1.89. The summed E-state index contributed by atoms with van der Waals surface area (Å²) >= 11 is 0. The molecule has 1 N–H and O–H groups in total. The summed E-state index contributed by atoms with van der Waals surface area (Å²) in [6.07, 6.45) is 0.827. The SMILES string of the molecule is CCOC(=O)[C@@](O)(CC(C)=O)[C@H](C)C(=O)c1ccco1. The van der Waals surface area contributed by atoms with Crippen molar-refractivity contribution in [2.45, 2.75) is 32.8 Å².